The smallest absolute Gasteiger partial charge is 0.132 e. The van der Waals surface area contributed by atoms with Crippen LogP contribution in [0.3, 0.4) is 0 Å². The zero-order valence-corrected chi connectivity index (χ0v) is 17.0. The van der Waals surface area contributed by atoms with E-state index in [-0.39, 0.29) is 6.10 Å². The molecule has 1 aromatic carbocycles. The normalized spacial score (nSPS) is 11.2. The minimum absolute atomic E-state index is 0.0825. The monoisotopic (exact) mass is 363 g/mol. The SMILES string of the molecule is CCc1cn[nH]c1-c1cnc(-c2c(CC)cccc2CC)cc1OC(C)C. The van der Waals surface area contributed by atoms with E-state index in [1.807, 2.05) is 12.4 Å². The average molecular weight is 364 g/mol. The summed E-state index contributed by atoms with van der Waals surface area (Å²) in [6.07, 6.45) is 6.75. The Bertz CT molecular complexity index is 889. The molecule has 27 heavy (non-hydrogen) atoms. The summed E-state index contributed by atoms with van der Waals surface area (Å²) in [4.78, 5) is 4.84. The van der Waals surface area contributed by atoms with Crippen LogP contribution < -0.4 is 4.74 Å². The quantitative estimate of drug-likeness (QED) is 0.593. The van der Waals surface area contributed by atoms with Crippen molar-refractivity contribution in [1.29, 1.82) is 0 Å². The van der Waals surface area contributed by atoms with Crippen molar-refractivity contribution >= 4 is 0 Å². The highest BCUT2D eigenvalue weighted by molar-refractivity contribution is 5.75. The van der Waals surface area contributed by atoms with Gasteiger partial charge in [0.25, 0.3) is 0 Å². The first-order chi connectivity index (χ1) is 13.1. The number of benzene rings is 1. The first-order valence-electron chi connectivity index (χ1n) is 9.89. The van der Waals surface area contributed by atoms with Crippen LogP contribution in [0.25, 0.3) is 22.5 Å². The molecule has 2 heterocycles. The molecule has 0 aliphatic rings. The van der Waals surface area contributed by atoms with Crippen LogP contribution in [0.2, 0.25) is 0 Å². The van der Waals surface area contributed by atoms with Crippen molar-refractivity contribution in [3.63, 3.8) is 0 Å². The van der Waals surface area contributed by atoms with Crippen LogP contribution in [-0.2, 0) is 19.3 Å². The van der Waals surface area contributed by atoms with Crippen LogP contribution in [0.15, 0.2) is 36.7 Å². The van der Waals surface area contributed by atoms with Crippen molar-refractivity contribution in [2.75, 3.05) is 0 Å². The molecule has 3 aromatic rings. The second-order valence-corrected chi connectivity index (χ2v) is 7.01. The van der Waals surface area contributed by atoms with Gasteiger partial charge in [-0.15, -0.1) is 0 Å². The predicted molar refractivity (Wildman–Crippen MR) is 111 cm³/mol. The van der Waals surface area contributed by atoms with Crippen molar-refractivity contribution < 1.29 is 4.74 Å². The number of nitrogens with zero attached hydrogens (tertiary/aromatic N) is 2. The van der Waals surface area contributed by atoms with Gasteiger partial charge in [0.05, 0.1) is 29.3 Å². The summed E-state index contributed by atoms with van der Waals surface area (Å²) in [5.74, 6) is 0.849. The van der Waals surface area contributed by atoms with Crippen LogP contribution >= 0.6 is 0 Å². The van der Waals surface area contributed by atoms with E-state index in [9.17, 15) is 0 Å². The second kappa shape index (κ2) is 8.38. The van der Waals surface area contributed by atoms with Crippen LogP contribution in [0.1, 0.15) is 51.3 Å². The van der Waals surface area contributed by atoms with Gasteiger partial charge >= 0.3 is 0 Å². The van der Waals surface area contributed by atoms with Gasteiger partial charge in [-0.1, -0.05) is 39.0 Å². The fraction of sp³-hybridized carbons (Fsp3) is 0.391. The molecule has 0 aliphatic heterocycles. The maximum atomic E-state index is 6.19. The Hall–Kier alpha value is -2.62. The van der Waals surface area contributed by atoms with Crippen LogP contribution in [0, 0.1) is 0 Å². The summed E-state index contributed by atoms with van der Waals surface area (Å²) in [5, 5.41) is 7.34. The second-order valence-electron chi connectivity index (χ2n) is 7.01. The van der Waals surface area contributed by atoms with Crippen LogP contribution in [0.5, 0.6) is 5.75 Å². The minimum atomic E-state index is 0.0825. The summed E-state index contributed by atoms with van der Waals surface area (Å²) in [6.45, 7) is 10.6. The molecule has 0 bridgehead atoms. The fourth-order valence-corrected chi connectivity index (χ4v) is 3.50. The maximum absolute atomic E-state index is 6.19. The van der Waals surface area contributed by atoms with Gasteiger partial charge < -0.3 is 4.74 Å². The molecular weight excluding hydrogens is 334 g/mol. The zero-order valence-electron chi connectivity index (χ0n) is 17.0. The van der Waals surface area contributed by atoms with Crippen molar-refractivity contribution in [2.45, 2.75) is 60.0 Å². The lowest BCUT2D eigenvalue weighted by molar-refractivity contribution is 0.243. The Morgan fingerprint density at radius 1 is 0.963 bits per heavy atom. The molecule has 0 fully saturated rings. The highest BCUT2D eigenvalue weighted by Gasteiger charge is 2.17. The molecule has 0 saturated heterocycles. The average Bonchev–Trinajstić information content (AvgIpc) is 3.15. The third kappa shape index (κ3) is 3.90. The highest BCUT2D eigenvalue weighted by atomic mass is 16.5. The molecule has 0 aliphatic carbocycles. The lowest BCUT2D eigenvalue weighted by Gasteiger charge is -2.18. The van der Waals surface area contributed by atoms with E-state index < -0.39 is 0 Å². The number of pyridine rings is 1. The summed E-state index contributed by atoms with van der Waals surface area (Å²) >= 11 is 0. The fourth-order valence-electron chi connectivity index (χ4n) is 3.50. The summed E-state index contributed by atoms with van der Waals surface area (Å²) < 4.78 is 6.19. The van der Waals surface area contributed by atoms with E-state index in [1.54, 1.807) is 0 Å². The van der Waals surface area contributed by atoms with Gasteiger partial charge in [-0.2, -0.15) is 5.10 Å². The third-order valence-corrected chi connectivity index (χ3v) is 4.85. The van der Waals surface area contributed by atoms with Crippen LogP contribution in [0.4, 0.5) is 0 Å². The number of H-pyrrole nitrogens is 1. The molecule has 1 N–H and O–H groups in total. The number of hydrogen-bond donors (Lipinski definition) is 1. The summed E-state index contributed by atoms with van der Waals surface area (Å²) in [5.41, 5.74) is 7.98. The van der Waals surface area contributed by atoms with E-state index in [2.05, 4.69) is 69.1 Å². The number of rotatable bonds is 7. The van der Waals surface area contributed by atoms with E-state index in [1.165, 1.54) is 22.3 Å². The molecular formula is C23H29N3O. The Morgan fingerprint density at radius 3 is 2.22 bits per heavy atom. The largest absolute Gasteiger partial charge is 0.490 e. The topological polar surface area (TPSA) is 50.8 Å². The van der Waals surface area contributed by atoms with Gasteiger partial charge in [-0.05, 0) is 49.8 Å². The first-order valence-corrected chi connectivity index (χ1v) is 9.89. The molecule has 4 heteroatoms. The van der Waals surface area contributed by atoms with Gasteiger partial charge in [0.15, 0.2) is 0 Å². The standard InChI is InChI=1S/C23H29N3O/c1-6-16-10-9-11-17(7-2)22(16)20-12-21(27-15(4)5)19(14-24-20)23-18(8-3)13-25-26-23/h9-15H,6-8H2,1-5H3,(H,25,26). The Labute approximate surface area is 162 Å². The maximum Gasteiger partial charge on any atom is 0.132 e. The zero-order chi connectivity index (χ0) is 19.4. The number of hydrogen-bond acceptors (Lipinski definition) is 3. The minimum Gasteiger partial charge on any atom is -0.490 e. The molecule has 0 amide bonds. The number of aryl methyl sites for hydroxylation is 3. The molecule has 0 unspecified atom stereocenters. The molecule has 0 radical (unpaired) electrons. The molecule has 4 nitrogen and oxygen atoms in total. The van der Waals surface area contributed by atoms with Crippen molar-refractivity contribution in [3.05, 3.63) is 53.3 Å². The molecule has 0 atom stereocenters. The van der Waals surface area contributed by atoms with Gasteiger partial charge in [0.2, 0.25) is 0 Å². The molecule has 0 spiro atoms. The van der Waals surface area contributed by atoms with Gasteiger partial charge in [0.1, 0.15) is 5.75 Å². The van der Waals surface area contributed by atoms with Crippen molar-refractivity contribution in [1.82, 2.24) is 15.2 Å². The molecule has 0 saturated carbocycles. The summed E-state index contributed by atoms with van der Waals surface area (Å²) in [7, 11) is 0. The van der Waals surface area contributed by atoms with E-state index >= 15 is 0 Å². The first kappa shape index (κ1) is 19.2. The number of aromatic amines is 1. The number of aromatic nitrogens is 3. The van der Waals surface area contributed by atoms with Crippen LogP contribution in [-0.4, -0.2) is 21.3 Å². The predicted octanol–water partition coefficient (Wildman–Crippen LogP) is 5.61. The lowest BCUT2D eigenvalue weighted by Crippen LogP contribution is -2.08. The Kier molecular flexibility index (Phi) is 5.94. The Morgan fingerprint density at radius 2 is 1.63 bits per heavy atom. The van der Waals surface area contributed by atoms with Gasteiger partial charge in [-0.25, -0.2) is 0 Å². The van der Waals surface area contributed by atoms with E-state index in [0.29, 0.717) is 0 Å². The van der Waals surface area contributed by atoms with Crippen molar-refractivity contribution in [3.8, 4) is 28.3 Å². The van der Waals surface area contributed by atoms with Crippen molar-refractivity contribution in [2.24, 2.45) is 0 Å². The third-order valence-electron chi connectivity index (χ3n) is 4.85. The molecule has 142 valence electrons. The van der Waals surface area contributed by atoms with Gasteiger partial charge in [0, 0.05) is 17.8 Å². The van der Waals surface area contributed by atoms with E-state index in [0.717, 1.165) is 42.0 Å². The molecule has 2 aromatic heterocycles. The number of nitrogens with one attached hydrogen (secondary N) is 1. The van der Waals surface area contributed by atoms with E-state index in [4.69, 9.17) is 9.72 Å². The summed E-state index contributed by atoms with van der Waals surface area (Å²) in [6, 6.07) is 8.61. The number of ether oxygens (including phenoxy) is 1. The Balaban J connectivity index is 2.18. The molecule has 3 rings (SSSR count). The lowest BCUT2D eigenvalue weighted by atomic mass is 9.94. The highest BCUT2D eigenvalue weighted by Crippen LogP contribution is 2.36. The van der Waals surface area contributed by atoms with Gasteiger partial charge in [-0.3, -0.25) is 10.1 Å².